The molecule has 94 valence electrons. The number of benzene rings is 1. The summed E-state index contributed by atoms with van der Waals surface area (Å²) in [4.78, 5) is 15.5. The lowest BCUT2D eigenvalue weighted by Crippen LogP contribution is -2.06. The molecular formula is C12H9BrClNO3. The second-order valence-corrected chi connectivity index (χ2v) is 4.64. The molecule has 1 aromatic carbocycles. The van der Waals surface area contributed by atoms with Crippen LogP contribution in [0.3, 0.4) is 0 Å². The van der Waals surface area contributed by atoms with Crippen molar-refractivity contribution in [3.63, 3.8) is 0 Å². The van der Waals surface area contributed by atoms with E-state index in [0.717, 1.165) is 4.47 Å². The normalized spacial score (nSPS) is 10.4. The largest absolute Gasteiger partial charge is 0.461 e. The van der Waals surface area contributed by atoms with E-state index in [4.69, 9.17) is 20.8 Å². The molecule has 2 rings (SSSR count). The first-order valence-electron chi connectivity index (χ1n) is 5.19. The fourth-order valence-corrected chi connectivity index (χ4v) is 1.86. The van der Waals surface area contributed by atoms with Gasteiger partial charge in [-0.2, -0.15) is 0 Å². The molecule has 1 heterocycles. The molecular weight excluding hydrogens is 321 g/mol. The first kappa shape index (κ1) is 13.1. The van der Waals surface area contributed by atoms with Crippen molar-refractivity contribution in [3.05, 3.63) is 39.8 Å². The Balaban J connectivity index is 2.42. The van der Waals surface area contributed by atoms with Crippen LogP contribution in [0.4, 0.5) is 0 Å². The van der Waals surface area contributed by atoms with Crippen molar-refractivity contribution >= 4 is 33.5 Å². The summed E-state index contributed by atoms with van der Waals surface area (Å²) in [6.07, 6.45) is 1.21. The van der Waals surface area contributed by atoms with Crippen LogP contribution in [0.5, 0.6) is 0 Å². The topological polar surface area (TPSA) is 52.3 Å². The maximum absolute atomic E-state index is 11.7. The number of halogens is 2. The number of ether oxygens (including phenoxy) is 1. The van der Waals surface area contributed by atoms with Gasteiger partial charge in [0, 0.05) is 10.0 Å². The molecule has 0 aliphatic heterocycles. The van der Waals surface area contributed by atoms with Crippen LogP contribution >= 0.6 is 27.5 Å². The second-order valence-electron chi connectivity index (χ2n) is 3.38. The molecule has 1 aromatic heterocycles. The van der Waals surface area contributed by atoms with Gasteiger partial charge in [0.05, 0.1) is 11.6 Å². The molecule has 0 N–H and O–H groups in total. The summed E-state index contributed by atoms with van der Waals surface area (Å²) in [7, 11) is 0. The van der Waals surface area contributed by atoms with Crippen molar-refractivity contribution in [3.8, 4) is 11.3 Å². The minimum absolute atomic E-state index is 0.148. The molecule has 0 radical (unpaired) electrons. The fourth-order valence-electron chi connectivity index (χ4n) is 1.43. The van der Waals surface area contributed by atoms with Gasteiger partial charge >= 0.3 is 5.97 Å². The van der Waals surface area contributed by atoms with Gasteiger partial charge in [0.15, 0.2) is 17.8 Å². The van der Waals surface area contributed by atoms with Gasteiger partial charge in [-0.05, 0) is 41.1 Å². The Morgan fingerprint density at radius 3 is 3.00 bits per heavy atom. The zero-order chi connectivity index (χ0) is 13.1. The minimum Gasteiger partial charge on any atom is -0.461 e. The zero-order valence-electron chi connectivity index (χ0n) is 9.44. The van der Waals surface area contributed by atoms with Crippen molar-refractivity contribution in [2.24, 2.45) is 0 Å². The van der Waals surface area contributed by atoms with Crippen molar-refractivity contribution in [1.29, 1.82) is 0 Å². The highest BCUT2D eigenvalue weighted by atomic mass is 79.9. The van der Waals surface area contributed by atoms with Crippen molar-refractivity contribution in [2.45, 2.75) is 6.92 Å². The molecule has 0 unspecified atom stereocenters. The van der Waals surface area contributed by atoms with E-state index in [1.807, 2.05) is 0 Å². The molecule has 0 atom stereocenters. The summed E-state index contributed by atoms with van der Waals surface area (Å²) in [5, 5.41) is 0.527. The van der Waals surface area contributed by atoms with E-state index in [9.17, 15) is 4.79 Å². The van der Waals surface area contributed by atoms with Crippen LogP contribution in [0.1, 0.15) is 17.4 Å². The predicted molar refractivity (Wildman–Crippen MR) is 70.6 cm³/mol. The van der Waals surface area contributed by atoms with Crippen molar-refractivity contribution < 1.29 is 13.9 Å². The van der Waals surface area contributed by atoms with Gasteiger partial charge in [-0.15, -0.1) is 0 Å². The van der Waals surface area contributed by atoms with Gasteiger partial charge in [-0.25, -0.2) is 9.78 Å². The Hall–Kier alpha value is -1.33. The SMILES string of the molecule is CCOC(=O)c1ncoc1-c1ccc(Br)c(Cl)c1. The van der Waals surface area contributed by atoms with Gasteiger partial charge < -0.3 is 9.15 Å². The van der Waals surface area contributed by atoms with E-state index in [0.29, 0.717) is 16.3 Å². The average Bonchev–Trinajstić information content (AvgIpc) is 2.82. The monoisotopic (exact) mass is 329 g/mol. The second kappa shape index (κ2) is 5.54. The first-order chi connectivity index (χ1) is 8.63. The fraction of sp³-hybridized carbons (Fsp3) is 0.167. The highest BCUT2D eigenvalue weighted by molar-refractivity contribution is 9.10. The third-order valence-electron chi connectivity index (χ3n) is 2.22. The average molecular weight is 331 g/mol. The summed E-state index contributed by atoms with van der Waals surface area (Å²) >= 11 is 9.29. The number of esters is 1. The summed E-state index contributed by atoms with van der Waals surface area (Å²) < 4.78 is 10.9. The van der Waals surface area contributed by atoms with Crippen molar-refractivity contribution in [2.75, 3.05) is 6.61 Å². The number of rotatable bonds is 3. The number of carbonyl (C=O) groups is 1. The number of aromatic nitrogens is 1. The molecule has 6 heteroatoms. The van der Waals surface area contributed by atoms with E-state index in [-0.39, 0.29) is 12.3 Å². The summed E-state index contributed by atoms with van der Waals surface area (Å²) in [6.45, 7) is 2.01. The molecule has 4 nitrogen and oxygen atoms in total. The smallest absolute Gasteiger partial charge is 0.360 e. The Morgan fingerprint density at radius 2 is 2.33 bits per heavy atom. The Bertz CT molecular complexity index is 582. The third kappa shape index (κ3) is 2.57. The van der Waals surface area contributed by atoms with E-state index < -0.39 is 5.97 Å². The van der Waals surface area contributed by atoms with Gasteiger partial charge in [-0.1, -0.05) is 11.6 Å². The molecule has 18 heavy (non-hydrogen) atoms. The molecule has 0 fully saturated rings. The molecule has 0 aliphatic carbocycles. The number of carbonyl (C=O) groups excluding carboxylic acids is 1. The number of oxazole rings is 1. The van der Waals surface area contributed by atoms with Crippen LogP contribution in [0.25, 0.3) is 11.3 Å². The molecule has 2 aromatic rings. The summed E-state index contributed by atoms with van der Waals surface area (Å²) in [5.41, 5.74) is 0.819. The van der Waals surface area contributed by atoms with Crippen LogP contribution in [0.15, 0.2) is 33.5 Å². The Kier molecular flexibility index (Phi) is 4.04. The lowest BCUT2D eigenvalue weighted by molar-refractivity contribution is 0.0520. The van der Waals surface area contributed by atoms with Crippen LogP contribution in [0, 0.1) is 0 Å². The van der Waals surface area contributed by atoms with E-state index in [1.165, 1.54) is 6.39 Å². The van der Waals surface area contributed by atoms with Gasteiger partial charge in [0.2, 0.25) is 0 Å². The predicted octanol–water partition coefficient (Wildman–Crippen LogP) is 3.93. The van der Waals surface area contributed by atoms with E-state index >= 15 is 0 Å². The van der Waals surface area contributed by atoms with Crippen molar-refractivity contribution in [1.82, 2.24) is 4.98 Å². The maximum atomic E-state index is 11.7. The number of hydrogen-bond donors (Lipinski definition) is 0. The van der Waals surface area contributed by atoms with E-state index in [2.05, 4.69) is 20.9 Å². The van der Waals surface area contributed by atoms with Crippen LogP contribution in [-0.4, -0.2) is 17.6 Å². The molecule has 0 saturated heterocycles. The minimum atomic E-state index is -0.514. The molecule has 0 aliphatic rings. The molecule has 0 spiro atoms. The summed E-state index contributed by atoms with van der Waals surface area (Å²) in [5.74, 6) is -0.164. The van der Waals surface area contributed by atoms with Gasteiger partial charge in [-0.3, -0.25) is 0 Å². The highest BCUT2D eigenvalue weighted by Gasteiger charge is 2.19. The lowest BCUT2D eigenvalue weighted by atomic mass is 10.1. The molecule has 0 saturated carbocycles. The lowest BCUT2D eigenvalue weighted by Gasteiger charge is -2.03. The summed E-state index contributed by atoms with van der Waals surface area (Å²) in [6, 6.07) is 5.24. The number of nitrogens with zero attached hydrogens (tertiary/aromatic N) is 1. The molecule has 0 bridgehead atoms. The Morgan fingerprint density at radius 1 is 1.56 bits per heavy atom. The zero-order valence-corrected chi connectivity index (χ0v) is 11.8. The van der Waals surface area contributed by atoms with Crippen LogP contribution < -0.4 is 0 Å². The first-order valence-corrected chi connectivity index (χ1v) is 6.36. The standard InChI is InChI=1S/C12H9BrClNO3/c1-2-17-12(16)10-11(18-6-15-10)7-3-4-8(13)9(14)5-7/h3-6H,2H2,1H3. The maximum Gasteiger partial charge on any atom is 0.360 e. The highest BCUT2D eigenvalue weighted by Crippen LogP contribution is 2.30. The Labute approximate surface area is 117 Å². The van der Waals surface area contributed by atoms with Gasteiger partial charge in [0.25, 0.3) is 0 Å². The van der Waals surface area contributed by atoms with E-state index in [1.54, 1.807) is 25.1 Å². The molecule has 0 amide bonds. The van der Waals surface area contributed by atoms with Crippen LogP contribution in [-0.2, 0) is 4.74 Å². The van der Waals surface area contributed by atoms with Crippen LogP contribution in [0.2, 0.25) is 5.02 Å². The quantitative estimate of drug-likeness (QED) is 0.800. The van der Waals surface area contributed by atoms with Gasteiger partial charge in [0.1, 0.15) is 0 Å². The third-order valence-corrected chi connectivity index (χ3v) is 3.45. The number of hydrogen-bond acceptors (Lipinski definition) is 4.